The van der Waals surface area contributed by atoms with Gasteiger partial charge in [0.15, 0.2) is 0 Å². The average Bonchev–Trinajstić information content (AvgIpc) is 2.35. The topological polar surface area (TPSA) is 0 Å². The zero-order chi connectivity index (χ0) is 11.8. The van der Waals surface area contributed by atoms with Gasteiger partial charge < -0.3 is 0 Å². The van der Waals surface area contributed by atoms with Crippen molar-refractivity contribution in [1.82, 2.24) is 0 Å². The number of benzene rings is 3. The molecule has 0 aliphatic carbocycles. The van der Waals surface area contributed by atoms with Crippen molar-refractivity contribution in [3.05, 3.63) is 60.2 Å². The van der Waals surface area contributed by atoms with E-state index in [0.717, 1.165) is 0 Å². The van der Waals surface area contributed by atoms with Crippen LogP contribution in [-0.2, 0) is 0 Å². The van der Waals surface area contributed by atoms with Gasteiger partial charge in [0.1, 0.15) is 0 Å². The van der Waals surface area contributed by atoms with E-state index in [-0.39, 0.29) is 0 Å². The fourth-order valence-corrected chi connectivity index (χ4v) is 2.32. The molecule has 17 heavy (non-hydrogen) atoms. The van der Waals surface area contributed by atoms with Crippen LogP contribution in [-0.4, -0.2) is 0 Å². The van der Waals surface area contributed by atoms with E-state index in [9.17, 15) is 0 Å². The Hall–Kier alpha value is -1.82. The Bertz CT molecular complexity index is 678. The van der Waals surface area contributed by atoms with Gasteiger partial charge in [-0.3, -0.25) is 0 Å². The summed E-state index contributed by atoms with van der Waals surface area (Å²) in [4.78, 5) is 0. The SMILES string of the molecule is CC(C)c1ccc2cc3ccccc3cc2c1. The summed E-state index contributed by atoms with van der Waals surface area (Å²) in [5, 5.41) is 5.31. The van der Waals surface area contributed by atoms with E-state index in [1.54, 1.807) is 0 Å². The average molecular weight is 220 g/mol. The molecule has 3 aromatic rings. The highest BCUT2D eigenvalue weighted by Gasteiger charge is 2.02. The number of hydrogen-bond acceptors (Lipinski definition) is 0. The lowest BCUT2D eigenvalue weighted by molar-refractivity contribution is 0.869. The van der Waals surface area contributed by atoms with Crippen LogP contribution in [0, 0.1) is 0 Å². The van der Waals surface area contributed by atoms with E-state index in [1.807, 2.05) is 0 Å². The van der Waals surface area contributed by atoms with Gasteiger partial charge in [-0.1, -0.05) is 56.3 Å². The minimum Gasteiger partial charge on any atom is -0.0616 e. The molecule has 0 amide bonds. The molecule has 84 valence electrons. The molecule has 0 atom stereocenters. The van der Waals surface area contributed by atoms with E-state index >= 15 is 0 Å². The molecule has 0 saturated heterocycles. The molecule has 0 saturated carbocycles. The monoisotopic (exact) mass is 220 g/mol. The molecule has 0 aliphatic rings. The van der Waals surface area contributed by atoms with Gasteiger partial charge in [-0.05, 0) is 45.2 Å². The van der Waals surface area contributed by atoms with Crippen LogP contribution < -0.4 is 0 Å². The maximum atomic E-state index is 2.31. The first-order chi connectivity index (χ1) is 8.24. The van der Waals surface area contributed by atoms with Crippen molar-refractivity contribution in [2.75, 3.05) is 0 Å². The first-order valence-electron chi connectivity index (χ1n) is 6.16. The molecule has 0 aliphatic heterocycles. The van der Waals surface area contributed by atoms with Crippen LogP contribution >= 0.6 is 0 Å². The van der Waals surface area contributed by atoms with Gasteiger partial charge in [0.25, 0.3) is 0 Å². The Kier molecular flexibility index (Phi) is 2.36. The third kappa shape index (κ3) is 1.80. The normalized spacial score (nSPS) is 11.5. The summed E-state index contributed by atoms with van der Waals surface area (Å²) in [5.74, 6) is 0.589. The van der Waals surface area contributed by atoms with Crippen LogP contribution in [0.25, 0.3) is 21.5 Å². The summed E-state index contributed by atoms with van der Waals surface area (Å²) in [6.07, 6.45) is 0. The van der Waals surface area contributed by atoms with Crippen molar-refractivity contribution in [1.29, 1.82) is 0 Å². The highest BCUT2D eigenvalue weighted by atomic mass is 14.1. The summed E-state index contributed by atoms with van der Waals surface area (Å²) in [6, 6.07) is 19.9. The van der Waals surface area contributed by atoms with Gasteiger partial charge in [0, 0.05) is 0 Å². The zero-order valence-corrected chi connectivity index (χ0v) is 10.3. The van der Waals surface area contributed by atoms with Crippen molar-refractivity contribution in [2.24, 2.45) is 0 Å². The summed E-state index contributed by atoms with van der Waals surface area (Å²) in [5.41, 5.74) is 1.41. The Morgan fingerprint density at radius 1 is 0.647 bits per heavy atom. The lowest BCUT2D eigenvalue weighted by Gasteiger charge is -2.08. The van der Waals surface area contributed by atoms with Crippen LogP contribution in [0.4, 0.5) is 0 Å². The Balaban J connectivity index is 2.32. The molecular weight excluding hydrogens is 204 g/mol. The standard InChI is InChI=1S/C17H16/c1-12(2)13-7-8-16-10-14-5-3-4-6-15(14)11-17(16)9-13/h3-12H,1-2H3. The molecular formula is C17H16. The number of hydrogen-bond donors (Lipinski definition) is 0. The van der Waals surface area contributed by atoms with Crippen molar-refractivity contribution in [3.63, 3.8) is 0 Å². The highest BCUT2D eigenvalue weighted by molar-refractivity contribution is 5.98. The molecule has 0 unspecified atom stereocenters. The molecule has 0 heteroatoms. The molecule has 0 fully saturated rings. The molecule has 0 nitrogen and oxygen atoms in total. The molecule has 0 heterocycles. The molecule has 0 bridgehead atoms. The van der Waals surface area contributed by atoms with Crippen LogP contribution in [0.15, 0.2) is 54.6 Å². The summed E-state index contributed by atoms with van der Waals surface area (Å²) in [6.45, 7) is 4.48. The summed E-state index contributed by atoms with van der Waals surface area (Å²) in [7, 11) is 0. The number of fused-ring (bicyclic) bond motifs is 2. The third-order valence-electron chi connectivity index (χ3n) is 3.40. The fourth-order valence-electron chi connectivity index (χ4n) is 2.32. The van der Waals surface area contributed by atoms with Crippen molar-refractivity contribution in [2.45, 2.75) is 19.8 Å². The van der Waals surface area contributed by atoms with E-state index in [2.05, 4.69) is 68.4 Å². The molecule has 0 N–H and O–H groups in total. The minimum absolute atomic E-state index is 0.589. The Morgan fingerprint density at radius 3 is 1.88 bits per heavy atom. The van der Waals surface area contributed by atoms with E-state index in [1.165, 1.54) is 27.1 Å². The maximum Gasteiger partial charge on any atom is -0.0175 e. The first kappa shape index (κ1) is 10.3. The van der Waals surface area contributed by atoms with E-state index in [0.29, 0.717) is 5.92 Å². The van der Waals surface area contributed by atoms with Crippen molar-refractivity contribution in [3.8, 4) is 0 Å². The van der Waals surface area contributed by atoms with Gasteiger partial charge in [0.05, 0.1) is 0 Å². The lowest BCUT2D eigenvalue weighted by Crippen LogP contribution is -1.86. The van der Waals surface area contributed by atoms with Crippen LogP contribution in [0.2, 0.25) is 0 Å². The van der Waals surface area contributed by atoms with Gasteiger partial charge in [-0.2, -0.15) is 0 Å². The predicted molar refractivity (Wildman–Crippen MR) is 75.5 cm³/mol. The van der Waals surface area contributed by atoms with Gasteiger partial charge in [-0.25, -0.2) is 0 Å². The maximum absolute atomic E-state index is 2.31. The zero-order valence-electron chi connectivity index (χ0n) is 10.3. The fraction of sp³-hybridized carbons (Fsp3) is 0.176. The third-order valence-corrected chi connectivity index (χ3v) is 3.40. The van der Waals surface area contributed by atoms with Gasteiger partial charge in [0.2, 0.25) is 0 Å². The second kappa shape index (κ2) is 3.89. The van der Waals surface area contributed by atoms with Crippen molar-refractivity contribution >= 4 is 21.5 Å². The second-order valence-electron chi connectivity index (χ2n) is 4.96. The molecule has 3 rings (SSSR count). The predicted octanol–water partition coefficient (Wildman–Crippen LogP) is 5.12. The van der Waals surface area contributed by atoms with E-state index in [4.69, 9.17) is 0 Å². The van der Waals surface area contributed by atoms with Gasteiger partial charge in [-0.15, -0.1) is 0 Å². The van der Waals surface area contributed by atoms with Crippen LogP contribution in [0.3, 0.4) is 0 Å². The summed E-state index contributed by atoms with van der Waals surface area (Å²) >= 11 is 0. The molecule has 0 aromatic heterocycles. The first-order valence-corrected chi connectivity index (χ1v) is 6.16. The Morgan fingerprint density at radius 2 is 1.24 bits per heavy atom. The van der Waals surface area contributed by atoms with Crippen molar-refractivity contribution < 1.29 is 0 Å². The second-order valence-corrected chi connectivity index (χ2v) is 4.96. The van der Waals surface area contributed by atoms with Crippen LogP contribution in [0.1, 0.15) is 25.3 Å². The Labute approximate surface area is 102 Å². The molecule has 3 aromatic carbocycles. The largest absolute Gasteiger partial charge is 0.0616 e. The van der Waals surface area contributed by atoms with E-state index < -0.39 is 0 Å². The quantitative estimate of drug-likeness (QED) is 0.499. The smallest absolute Gasteiger partial charge is 0.0175 e. The van der Waals surface area contributed by atoms with Gasteiger partial charge >= 0.3 is 0 Å². The molecule has 0 spiro atoms. The summed E-state index contributed by atoms with van der Waals surface area (Å²) < 4.78 is 0. The highest BCUT2D eigenvalue weighted by Crippen LogP contribution is 2.26. The minimum atomic E-state index is 0.589. The van der Waals surface area contributed by atoms with Crippen LogP contribution in [0.5, 0.6) is 0 Å². The number of rotatable bonds is 1. The lowest BCUT2D eigenvalue weighted by atomic mass is 9.97. The molecule has 0 radical (unpaired) electrons.